The van der Waals surface area contributed by atoms with Gasteiger partial charge in [0.2, 0.25) is 5.91 Å². The highest BCUT2D eigenvalue weighted by Gasteiger charge is 2.49. The van der Waals surface area contributed by atoms with Gasteiger partial charge in [0, 0.05) is 82.6 Å². The van der Waals surface area contributed by atoms with E-state index in [1.165, 1.54) is 6.08 Å². The number of benzene rings is 2. The number of piperazine rings is 2. The van der Waals surface area contributed by atoms with E-state index in [0.717, 1.165) is 104 Å². The van der Waals surface area contributed by atoms with Gasteiger partial charge in [0.05, 0.1) is 47.9 Å². The first-order valence-corrected chi connectivity index (χ1v) is 17.8. The lowest BCUT2D eigenvalue weighted by atomic mass is 10.0. The van der Waals surface area contributed by atoms with Crippen LogP contribution in [-0.4, -0.2) is 121 Å². The number of hydrogen-bond acceptors (Lipinski definition) is 10. The van der Waals surface area contributed by atoms with Crippen LogP contribution in [0, 0.1) is 11.3 Å². The molecule has 3 fully saturated rings. The van der Waals surface area contributed by atoms with Gasteiger partial charge in [-0.05, 0) is 42.9 Å². The summed E-state index contributed by atoms with van der Waals surface area (Å²) in [6, 6.07) is 14.7. The summed E-state index contributed by atoms with van der Waals surface area (Å²) in [7, 11) is 1.76. The number of ether oxygens (including phenoxy) is 2. The molecule has 0 N–H and O–H groups in total. The standard InChI is InChI=1S/C37H45ClN8O3/c1-3-33(47)46-21-18-44(24-28(46)10-14-39)35-29-11-15-43(32-9-5-7-27-6-4-8-30(38)34(27)32)25-31(29)40-36(41-35)49-26-37(12-13-37)45-19-16-42(17-20-45)22-23-48-2/h3-9,28H,1,10-13,15-26H2,2H3/t28-/m0/s1. The molecule has 7 rings (SSSR count). The van der Waals surface area contributed by atoms with Gasteiger partial charge in [-0.2, -0.15) is 15.2 Å². The maximum Gasteiger partial charge on any atom is 0.318 e. The number of carbonyl (C=O) groups is 1. The Hall–Kier alpha value is -3.95. The maximum atomic E-state index is 12.7. The number of nitriles is 1. The van der Waals surface area contributed by atoms with Crippen molar-refractivity contribution in [3.8, 4) is 12.1 Å². The number of amides is 1. The Morgan fingerprint density at radius 2 is 1.88 bits per heavy atom. The number of rotatable bonds is 11. The van der Waals surface area contributed by atoms with Gasteiger partial charge < -0.3 is 24.2 Å². The summed E-state index contributed by atoms with van der Waals surface area (Å²) in [4.78, 5) is 34.2. The summed E-state index contributed by atoms with van der Waals surface area (Å²) in [5, 5.41) is 12.5. The van der Waals surface area contributed by atoms with E-state index >= 15 is 0 Å². The Labute approximate surface area is 293 Å². The second-order valence-electron chi connectivity index (χ2n) is 13.6. The van der Waals surface area contributed by atoms with E-state index in [1.807, 2.05) is 12.1 Å². The minimum Gasteiger partial charge on any atom is -0.461 e. The van der Waals surface area contributed by atoms with Crippen molar-refractivity contribution in [1.82, 2.24) is 24.7 Å². The Morgan fingerprint density at radius 1 is 1.08 bits per heavy atom. The van der Waals surface area contributed by atoms with Crippen LogP contribution in [0.25, 0.3) is 10.8 Å². The van der Waals surface area contributed by atoms with Gasteiger partial charge in [-0.15, -0.1) is 0 Å². The molecule has 11 nitrogen and oxygen atoms in total. The Balaban J connectivity index is 1.16. The number of aromatic nitrogens is 2. The van der Waals surface area contributed by atoms with E-state index in [1.54, 1.807) is 12.0 Å². The third-order valence-corrected chi connectivity index (χ3v) is 11.0. The molecular formula is C37H45ClN8O3. The molecule has 0 radical (unpaired) electrons. The van der Waals surface area contributed by atoms with E-state index < -0.39 is 0 Å². The van der Waals surface area contributed by atoms with Crippen LogP contribution in [0.1, 0.15) is 30.5 Å². The lowest BCUT2D eigenvalue weighted by Crippen LogP contribution is -2.55. The van der Waals surface area contributed by atoms with Crippen molar-refractivity contribution in [2.75, 3.05) is 89.0 Å². The molecule has 3 aliphatic heterocycles. The predicted octanol–water partition coefficient (Wildman–Crippen LogP) is 4.14. The summed E-state index contributed by atoms with van der Waals surface area (Å²) < 4.78 is 11.9. The molecule has 4 aliphatic rings. The zero-order valence-electron chi connectivity index (χ0n) is 28.3. The summed E-state index contributed by atoms with van der Waals surface area (Å²) in [6.45, 7) is 13.0. The van der Waals surface area contributed by atoms with Crippen LogP contribution >= 0.6 is 11.6 Å². The molecule has 258 valence electrons. The van der Waals surface area contributed by atoms with Gasteiger partial charge >= 0.3 is 6.01 Å². The fourth-order valence-electron chi connectivity index (χ4n) is 7.76. The molecule has 3 aromatic rings. The van der Waals surface area contributed by atoms with Crippen LogP contribution < -0.4 is 14.5 Å². The van der Waals surface area contributed by atoms with Crippen LogP contribution in [-0.2, 0) is 22.5 Å². The third-order valence-electron chi connectivity index (χ3n) is 10.7. The molecule has 2 aromatic carbocycles. The summed E-state index contributed by atoms with van der Waals surface area (Å²) >= 11 is 6.75. The van der Waals surface area contributed by atoms with Crippen LogP contribution in [0.15, 0.2) is 49.1 Å². The fraction of sp³-hybridized carbons (Fsp3) is 0.514. The van der Waals surface area contributed by atoms with Gasteiger partial charge in [-0.25, -0.2) is 0 Å². The van der Waals surface area contributed by atoms with Crippen molar-refractivity contribution in [2.45, 2.75) is 43.8 Å². The van der Waals surface area contributed by atoms with Crippen LogP contribution in [0.5, 0.6) is 6.01 Å². The lowest BCUT2D eigenvalue weighted by molar-refractivity contribution is -0.128. The second kappa shape index (κ2) is 14.5. The predicted molar refractivity (Wildman–Crippen MR) is 191 cm³/mol. The van der Waals surface area contributed by atoms with Crippen molar-refractivity contribution >= 4 is 39.8 Å². The molecule has 49 heavy (non-hydrogen) atoms. The zero-order chi connectivity index (χ0) is 34.0. The Kier molecular flexibility index (Phi) is 9.92. The first-order chi connectivity index (χ1) is 23.9. The number of halogens is 1. The quantitative estimate of drug-likeness (QED) is 0.274. The van der Waals surface area contributed by atoms with Gasteiger partial charge in [0.15, 0.2) is 0 Å². The first-order valence-electron chi connectivity index (χ1n) is 17.4. The molecule has 0 bridgehead atoms. The molecule has 1 aromatic heterocycles. The SMILES string of the molecule is C=CC(=O)N1CCN(c2nc(OCC3(N4CCN(CCOC)CC4)CC3)nc3c2CCN(c2cccc4cccc(Cl)c24)C3)C[C@@H]1CC#N. The molecule has 1 aliphatic carbocycles. The van der Waals surface area contributed by atoms with Gasteiger partial charge in [0.25, 0.3) is 0 Å². The fourth-order valence-corrected chi connectivity index (χ4v) is 8.04. The van der Waals surface area contributed by atoms with Gasteiger partial charge in [0.1, 0.15) is 12.4 Å². The van der Waals surface area contributed by atoms with E-state index in [2.05, 4.69) is 56.5 Å². The average molecular weight is 685 g/mol. The van der Waals surface area contributed by atoms with Crippen LogP contribution in [0.4, 0.5) is 11.5 Å². The molecular weight excluding hydrogens is 640 g/mol. The smallest absolute Gasteiger partial charge is 0.318 e. The highest BCUT2D eigenvalue weighted by atomic mass is 35.5. The summed E-state index contributed by atoms with van der Waals surface area (Å²) in [5.74, 6) is 0.702. The van der Waals surface area contributed by atoms with E-state index in [-0.39, 0.29) is 23.9 Å². The largest absolute Gasteiger partial charge is 0.461 e. The average Bonchev–Trinajstić information content (AvgIpc) is 3.93. The van der Waals surface area contributed by atoms with Crippen LogP contribution in [0.2, 0.25) is 5.02 Å². The molecule has 1 saturated carbocycles. The summed E-state index contributed by atoms with van der Waals surface area (Å²) in [5.41, 5.74) is 3.15. The number of nitrogens with zero attached hydrogens (tertiary/aromatic N) is 8. The first kappa shape index (κ1) is 33.5. The van der Waals surface area contributed by atoms with Crippen molar-refractivity contribution in [3.63, 3.8) is 0 Å². The number of fused-ring (bicyclic) bond motifs is 2. The van der Waals surface area contributed by atoms with E-state index in [0.29, 0.717) is 38.8 Å². The second-order valence-corrected chi connectivity index (χ2v) is 14.0. The Morgan fingerprint density at radius 3 is 2.61 bits per heavy atom. The zero-order valence-corrected chi connectivity index (χ0v) is 29.1. The Bertz CT molecular complexity index is 1730. The highest BCUT2D eigenvalue weighted by Crippen LogP contribution is 2.43. The molecule has 0 spiro atoms. The van der Waals surface area contributed by atoms with Gasteiger partial charge in [-0.1, -0.05) is 42.4 Å². The molecule has 2 saturated heterocycles. The molecule has 1 atom stereocenters. The minimum absolute atomic E-state index is 0.0209. The molecule has 4 heterocycles. The molecule has 0 unspecified atom stereocenters. The summed E-state index contributed by atoms with van der Waals surface area (Å²) in [6.07, 6.45) is 4.53. The number of hydrogen-bond donors (Lipinski definition) is 0. The highest BCUT2D eigenvalue weighted by molar-refractivity contribution is 6.36. The molecule has 12 heteroatoms. The monoisotopic (exact) mass is 684 g/mol. The lowest BCUT2D eigenvalue weighted by Gasteiger charge is -2.42. The van der Waals surface area contributed by atoms with E-state index in [4.69, 9.17) is 31.0 Å². The van der Waals surface area contributed by atoms with Crippen LogP contribution in [0.3, 0.4) is 0 Å². The topological polar surface area (TPSA) is 101 Å². The molecule has 1 amide bonds. The minimum atomic E-state index is -0.255. The van der Waals surface area contributed by atoms with Crippen molar-refractivity contribution in [1.29, 1.82) is 5.26 Å². The van der Waals surface area contributed by atoms with Crippen molar-refractivity contribution in [3.05, 3.63) is 65.3 Å². The van der Waals surface area contributed by atoms with Gasteiger partial charge in [-0.3, -0.25) is 14.6 Å². The number of methoxy groups -OCH3 is 1. The van der Waals surface area contributed by atoms with Crippen molar-refractivity contribution < 1.29 is 14.3 Å². The number of carbonyl (C=O) groups excluding carboxylic acids is 1. The van der Waals surface area contributed by atoms with E-state index in [9.17, 15) is 10.1 Å². The number of anilines is 2. The third kappa shape index (κ3) is 6.93. The maximum absolute atomic E-state index is 12.7. The van der Waals surface area contributed by atoms with Crippen molar-refractivity contribution in [2.24, 2.45) is 0 Å². The normalized spacial score (nSPS) is 20.9.